The second kappa shape index (κ2) is 4.79. The molecule has 1 aromatic heterocycles. The molecule has 0 radical (unpaired) electrons. The molecule has 1 atom stereocenters. The molecule has 0 aliphatic carbocycles. The second-order valence-corrected chi connectivity index (χ2v) is 4.95. The fourth-order valence-electron chi connectivity index (χ4n) is 1.72. The predicted molar refractivity (Wildman–Crippen MR) is 71.9 cm³/mol. The Morgan fingerprint density at radius 3 is 2.76 bits per heavy atom. The molecule has 4 nitrogen and oxygen atoms in total. The lowest BCUT2D eigenvalue weighted by Gasteiger charge is -2.07. The quantitative estimate of drug-likeness (QED) is 0.809. The van der Waals surface area contributed by atoms with E-state index in [2.05, 4.69) is 17.6 Å². The normalized spacial score (nSPS) is 12.8. The highest BCUT2D eigenvalue weighted by atomic mass is 32.1. The molecule has 0 spiro atoms. The van der Waals surface area contributed by atoms with Gasteiger partial charge in [0.1, 0.15) is 0 Å². The average Bonchev–Trinajstić information content (AvgIpc) is 2.28. The average molecular weight is 250 g/mol. The molecule has 2 rings (SSSR count). The number of rotatable bonds is 3. The molecule has 0 amide bonds. The monoisotopic (exact) mass is 250 g/mol. The van der Waals surface area contributed by atoms with Crippen LogP contribution in [0.4, 0.5) is 0 Å². The molecular formula is C12H14N2O2S. The molecule has 0 saturated heterocycles. The SMILES string of the molecule is CC(S)CCn1c(=O)[nH]c2ccccc2c1=O. The van der Waals surface area contributed by atoms with Gasteiger partial charge in [0.25, 0.3) is 5.56 Å². The molecule has 0 saturated carbocycles. The summed E-state index contributed by atoms with van der Waals surface area (Å²) < 4.78 is 1.23. The van der Waals surface area contributed by atoms with Crippen molar-refractivity contribution in [1.29, 1.82) is 0 Å². The first-order valence-electron chi connectivity index (χ1n) is 5.49. The van der Waals surface area contributed by atoms with Gasteiger partial charge in [0, 0.05) is 11.8 Å². The lowest BCUT2D eigenvalue weighted by atomic mass is 10.2. The van der Waals surface area contributed by atoms with Gasteiger partial charge in [-0.05, 0) is 18.6 Å². The molecule has 0 aliphatic rings. The Balaban J connectivity index is 2.56. The number of nitrogens with one attached hydrogen (secondary N) is 1. The fourth-order valence-corrected chi connectivity index (χ4v) is 1.83. The topological polar surface area (TPSA) is 54.9 Å². The third-order valence-electron chi connectivity index (χ3n) is 2.66. The molecule has 5 heteroatoms. The predicted octanol–water partition coefficient (Wildman–Crippen LogP) is 1.40. The largest absolute Gasteiger partial charge is 0.328 e. The Morgan fingerprint density at radius 2 is 2.06 bits per heavy atom. The van der Waals surface area contributed by atoms with Crippen molar-refractivity contribution in [1.82, 2.24) is 9.55 Å². The summed E-state index contributed by atoms with van der Waals surface area (Å²) in [6.45, 7) is 2.33. The molecular weight excluding hydrogens is 236 g/mol. The van der Waals surface area contributed by atoms with Crippen LogP contribution in [0, 0.1) is 0 Å². The van der Waals surface area contributed by atoms with E-state index < -0.39 is 0 Å². The lowest BCUT2D eigenvalue weighted by molar-refractivity contribution is 0.597. The fraction of sp³-hybridized carbons (Fsp3) is 0.333. The van der Waals surface area contributed by atoms with Crippen molar-refractivity contribution in [3.8, 4) is 0 Å². The number of para-hydroxylation sites is 1. The van der Waals surface area contributed by atoms with Crippen LogP contribution in [-0.2, 0) is 6.54 Å². The summed E-state index contributed by atoms with van der Waals surface area (Å²) in [4.78, 5) is 26.5. The van der Waals surface area contributed by atoms with E-state index in [0.717, 1.165) is 0 Å². The van der Waals surface area contributed by atoms with Gasteiger partial charge in [-0.2, -0.15) is 12.6 Å². The lowest BCUT2D eigenvalue weighted by Crippen LogP contribution is -2.35. The summed E-state index contributed by atoms with van der Waals surface area (Å²) in [6.07, 6.45) is 0.685. The Kier molecular flexibility index (Phi) is 3.38. The number of nitrogens with zero attached hydrogens (tertiary/aromatic N) is 1. The Morgan fingerprint density at radius 1 is 1.35 bits per heavy atom. The number of fused-ring (bicyclic) bond motifs is 1. The van der Waals surface area contributed by atoms with Crippen LogP contribution < -0.4 is 11.2 Å². The zero-order valence-corrected chi connectivity index (χ0v) is 10.4. The van der Waals surface area contributed by atoms with Crippen LogP contribution in [0.5, 0.6) is 0 Å². The van der Waals surface area contributed by atoms with E-state index in [-0.39, 0.29) is 16.5 Å². The standard InChI is InChI=1S/C12H14N2O2S/c1-8(17)6-7-14-11(15)9-4-2-3-5-10(9)13-12(14)16/h2-5,8,17H,6-7H2,1H3,(H,13,16). The van der Waals surface area contributed by atoms with Gasteiger partial charge in [0.15, 0.2) is 0 Å². The van der Waals surface area contributed by atoms with E-state index in [1.165, 1.54) is 4.57 Å². The summed E-state index contributed by atoms with van der Waals surface area (Å²) in [5.74, 6) is 0. The van der Waals surface area contributed by atoms with Crippen LogP contribution in [0.1, 0.15) is 13.3 Å². The van der Waals surface area contributed by atoms with Crippen molar-refractivity contribution >= 4 is 23.5 Å². The summed E-state index contributed by atoms with van der Waals surface area (Å²) in [7, 11) is 0. The van der Waals surface area contributed by atoms with E-state index in [9.17, 15) is 9.59 Å². The van der Waals surface area contributed by atoms with Crippen LogP contribution in [0.25, 0.3) is 10.9 Å². The van der Waals surface area contributed by atoms with E-state index in [4.69, 9.17) is 0 Å². The third kappa shape index (κ3) is 2.44. The Hall–Kier alpha value is -1.49. The van der Waals surface area contributed by atoms with E-state index >= 15 is 0 Å². The maximum atomic E-state index is 12.1. The molecule has 1 aromatic carbocycles. The molecule has 0 fully saturated rings. The van der Waals surface area contributed by atoms with E-state index in [1.807, 2.05) is 6.92 Å². The van der Waals surface area contributed by atoms with Gasteiger partial charge in [0.2, 0.25) is 0 Å². The van der Waals surface area contributed by atoms with Crippen LogP contribution in [0.3, 0.4) is 0 Å². The maximum Gasteiger partial charge on any atom is 0.328 e. The molecule has 0 bridgehead atoms. The molecule has 2 aromatic rings. The minimum Gasteiger partial charge on any atom is -0.307 e. The number of aromatic nitrogens is 2. The van der Waals surface area contributed by atoms with Crippen LogP contribution in [-0.4, -0.2) is 14.8 Å². The highest BCUT2D eigenvalue weighted by molar-refractivity contribution is 7.80. The molecule has 0 aliphatic heterocycles. The molecule has 1 N–H and O–H groups in total. The number of hydrogen-bond donors (Lipinski definition) is 2. The molecule has 17 heavy (non-hydrogen) atoms. The highest BCUT2D eigenvalue weighted by Crippen LogP contribution is 2.04. The van der Waals surface area contributed by atoms with Gasteiger partial charge < -0.3 is 4.98 Å². The van der Waals surface area contributed by atoms with Gasteiger partial charge in [-0.25, -0.2) is 4.79 Å². The first kappa shape index (κ1) is 12.0. The van der Waals surface area contributed by atoms with Crippen LogP contribution >= 0.6 is 12.6 Å². The maximum absolute atomic E-state index is 12.1. The van der Waals surface area contributed by atoms with Crippen LogP contribution in [0.2, 0.25) is 0 Å². The number of thiol groups is 1. The summed E-state index contributed by atoms with van der Waals surface area (Å²) >= 11 is 4.24. The van der Waals surface area contributed by atoms with Crippen LogP contribution in [0.15, 0.2) is 33.9 Å². The smallest absolute Gasteiger partial charge is 0.307 e. The minimum atomic E-state index is -0.359. The van der Waals surface area contributed by atoms with Gasteiger partial charge >= 0.3 is 5.69 Å². The highest BCUT2D eigenvalue weighted by Gasteiger charge is 2.07. The Labute approximate surface area is 104 Å². The number of benzene rings is 1. The van der Waals surface area contributed by atoms with Crippen molar-refractivity contribution in [2.24, 2.45) is 0 Å². The summed E-state index contributed by atoms with van der Waals surface area (Å²) in [5, 5.41) is 0.701. The zero-order chi connectivity index (χ0) is 12.4. The van der Waals surface area contributed by atoms with Gasteiger partial charge in [-0.15, -0.1) is 0 Å². The van der Waals surface area contributed by atoms with E-state index in [1.54, 1.807) is 24.3 Å². The Bertz CT molecular complexity index is 643. The zero-order valence-electron chi connectivity index (χ0n) is 9.51. The molecule has 1 heterocycles. The van der Waals surface area contributed by atoms with Gasteiger partial charge in [-0.3, -0.25) is 9.36 Å². The van der Waals surface area contributed by atoms with Gasteiger partial charge in [0.05, 0.1) is 10.9 Å². The number of hydrogen-bond acceptors (Lipinski definition) is 3. The first-order chi connectivity index (χ1) is 8.09. The molecule has 1 unspecified atom stereocenters. The first-order valence-corrected chi connectivity index (χ1v) is 6.01. The third-order valence-corrected chi connectivity index (χ3v) is 2.92. The minimum absolute atomic E-state index is 0.160. The number of H-pyrrole nitrogens is 1. The van der Waals surface area contributed by atoms with Crippen molar-refractivity contribution in [2.45, 2.75) is 25.1 Å². The second-order valence-electron chi connectivity index (χ2n) is 4.07. The van der Waals surface area contributed by atoms with Gasteiger partial charge in [-0.1, -0.05) is 19.1 Å². The summed E-state index contributed by atoms with van der Waals surface area (Å²) in [6, 6.07) is 7.02. The summed E-state index contributed by atoms with van der Waals surface area (Å²) in [5.41, 5.74) is -0.0151. The van der Waals surface area contributed by atoms with E-state index in [0.29, 0.717) is 23.9 Å². The molecule has 90 valence electrons. The van der Waals surface area contributed by atoms with Crippen molar-refractivity contribution < 1.29 is 0 Å². The van der Waals surface area contributed by atoms with Crippen molar-refractivity contribution in [3.63, 3.8) is 0 Å². The van der Waals surface area contributed by atoms with Crippen molar-refractivity contribution in [3.05, 3.63) is 45.1 Å². The van der Waals surface area contributed by atoms with Crippen molar-refractivity contribution in [2.75, 3.05) is 0 Å². The number of aromatic amines is 1.